The minimum absolute atomic E-state index is 0.0728. The summed E-state index contributed by atoms with van der Waals surface area (Å²) < 4.78 is 15.2. The molecule has 27 heavy (non-hydrogen) atoms. The highest BCUT2D eigenvalue weighted by Gasteiger charge is 2.08. The summed E-state index contributed by atoms with van der Waals surface area (Å²) in [5.41, 5.74) is 0. The van der Waals surface area contributed by atoms with Crippen LogP contribution in [0.3, 0.4) is 0 Å². The first-order valence-corrected chi connectivity index (χ1v) is 11.1. The number of carbonyl (C=O) groups is 2. The number of hydrogen-bond donors (Lipinski definition) is 0. The van der Waals surface area contributed by atoms with Gasteiger partial charge in [0.15, 0.2) is 0 Å². The van der Waals surface area contributed by atoms with Gasteiger partial charge in [-0.15, -0.1) is 0 Å². The number of ether oxygens (including phenoxy) is 3. The largest absolute Gasteiger partial charge is 0.466 e. The van der Waals surface area contributed by atoms with Crippen molar-refractivity contribution in [3.63, 3.8) is 0 Å². The van der Waals surface area contributed by atoms with Gasteiger partial charge in [-0.05, 0) is 13.3 Å². The van der Waals surface area contributed by atoms with Crippen molar-refractivity contribution in [3.8, 4) is 0 Å². The standard InChI is InChI=1S/C22H42O5/c1-3-5-6-7-8-9-10-11-12-13-14-15-18-26-21(23)16-17-22(24)27-20-19-25-4-2/h3-20H2,1-2H3. The summed E-state index contributed by atoms with van der Waals surface area (Å²) >= 11 is 0. The molecule has 0 fully saturated rings. The lowest BCUT2D eigenvalue weighted by atomic mass is 10.1. The maximum absolute atomic E-state index is 11.6. The summed E-state index contributed by atoms with van der Waals surface area (Å²) in [6.45, 7) is 5.82. The van der Waals surface area contributed by atoms with Crippen molar-refractivity contribution >= 4 is 11.9 Å². The SMILES string of the molecule is CCCCCCCCCCCCCCOC(=O)CCC(=O)OCCOCC. The number of rotatable bonds is 20. The normalized spacial score (nSPS) is 10.7. The van der Waals surface area contributed by atoms with Crippen LogP contribution in [0.25, 0.3) is 0 Å². The van der Waals surface area contributed by atoms with E-state index >= 15 is 0 Å². The third-order valence-electron chi connectivity index (χ3n) is 4.49. The lowest BCUT2D eigenvalue weighted by Gasteiger charge is -2.06. The first-order chi connectivity index (χ1) is 13.2. The van der Waals surface area contributed by atoms with Gasteiger partial charge in [0.2, 0.25) is 0 Å². The molecule has 0 aromatic carbocycles. The van der Waals surface area contributed by atoms with Crippen molar-refractivity contribution in [1.82, 2.24) is 0 Å². The van der Waals surface area contributed by atoms with E-state index in [-0.39, 0.29) is 31.4 Å². The van der Waals surface area contributed by atoms with Crippen LogP contribution in [-0.4, -0.2) is 38.4 Å². The van der Waals surface area contributed by atoms with E-state index in [1.807, 2.05) is 6.92 Å². The Bertz CT molecular complexity index is 344. The lowest BCUT2D eigenvalue weighted by Crippen LogP contribution is -2.13. The van der Waals surface area contributed by atoms with Crippen LogP contribution in [0.4, 0.5) is 0 Å². The van der Waals surface area contributed by atoms with Gasteiger partial charge in [-0.3, -0.25) is 9.59 Å². The minimum atomic E-state index is -0.378. The molecule has 0 spiro atoms. The number of unbranched alkanes of at least 4 members (excludes halogenated alkanes) is 11. The predicted octanol–water partition coefficient (Wildman–Crippen LogP) is 5.59. The van der Waals surface area contributed by atoms with Crippen molar-refractivity contribution in [2.45, 2.75) is 104 Å². The fourth-order valence-corrected chi connectivity index (χ4v) is 2.84. The van der Waals surface area contributed by atoms with Gasteiger partial charge in [0.25, 0.3) is 0 Å². The molecule has 0 aromatic rings. The summed E-state index contributed by atoms with van der Waals surface area (Å²) in [7, 11) is 0. The van der Waals surface area contributed by atoms with E-state index < -0.39 is 0 Å². The zero-order chi connectivity index (χ0) is 20.0. The maximum atomic E-state index is 11.6. The van der Waals surface area contributed by atoms with E-state index in [2.05, 4.69) is 6.92 Å². The van der Waals surface area contributed by atoms with Gasteiger partial charge < -0.3 is 14.2 Å². The molecule has 0 aromatic heterocycles. The van der Waals surface area contributed by atoms with Crippen molar-refractivity contribution < 1.29 is 23.8 Å². The van der Waals surface area contributed by atoms with Gasteiger partial charge in [0, 0.05) is 6.61 Å². The van der Waals surface area contributed by atoms with Gasteiger partial charge in [0.05, 0.1) is 26.1 Å². The van der Waals surface area contributed by atoms with Crippen LogP contribution in [0.5, 0.6) is 0 Å². The van der Waals surface area contributed by atoms with E-state index in [0.29, 0.717) is 19.8 Å². The third kappa shape index (κ3) is 21.1. The van der Waals surface area contributed by atoms with Crippen molar-refractivity contribution in [2.24, 2.45) is 0 Å². The van der Waals surface area contributed by atoms with Gasteiger partial charge in [-0.2, -0.15) is 0 Å². The van der Waals surface area contributed by atoms with Crippen LogP contribution < -0.4 is 0 Å². The predicted molar refractivity (Wildman–Crippen MR) is 109 cm³/mol. The Kier molecular flexibility index (Phi) is 20.3. The minimum Gasteiger partial charge on any atom is -0.466 e. The van der Waals surface area contributed by atoms with Crippen LogP contribution in [0.1, 0.15) is 104 Å². The second-order valence-electron chi connectivity index (χ2n) is 7.03. The Labute approximate surface area is 166 Å². The molecule has 0 saturated heterocycles. The van der Waals surface area contributed by atoms with Crippen molar-refractivity contribution in [3.05, 3.63) is 0 Å². The fourth-order valence-electron chi connectivity index (χ4n) is 2.84. The Morgan fingerprint density at radius 1 is 0.556 bits per heavy atom. The average molecular weight is 387 g/mol. The Morgan fingerprint density at radius 2 is 1.00 bits per heavy atom. The zero-order valence-electron chi connectivity index (χ0n) is 17.8. The molecule has 0 saturated carbocycles. The Morgan fingerprint density at radius 3 is 1.48 bits per heavy atom. The summed E-state index contributed by atoms with van der Waals surface area (Å²) in [4.78, 5) is 23.0. The fraction of sp³-hybridized carbons (Fsp3) is 0.909. The topological polar surface area (TPSA) is 61.8 Å². The molecule has 0 atom stereocenters. The van der Waals surface area contributed by atoms with Crippen LogP contribution in [0.2, 0.25) is 0 Å². The molecular weight excluding hydrogens is 344 g/mol. The molecule has 0 bridgehead atoms. The summed E-state index contributed by atoms with van der Waals surface area (Å²) in [5, 5.41) is 0. The molecule has 0 aliphatic heterocycles. The molecule has 0 aliphatic carbocycles. The second kappa shape index (κ2) is 21.2. The van der Waals surface area contributed by atoms with Crippen molar-refractivity contribution in [2.75, 3.05) is 26.4 Å². The van der Waals surface area contributed by atoms with E-state index in [0.717, 1.165) is 12.8 Å². The van der Waals surface area contributed by atoms with E-state index in [1.54, 1.807) is 0 Å². The molecule has 0 rings (SSSR count). The van der Waals surface area contributed by atoms with Gasteiger partial charge >= 0.3 is 11.9 Å². The monoisotopic (exact) mass is 386 g/mol. The van der Waals surface area contributed by atoms with Gasteiger partial charge in [-0.1, -0.05) is 77.6 Å². The Hall–Kier alpha value is -1.10. The van der Waals surface area contributed by atoms with Gasteiger partial charge in [0.1, 0.15) is 6.61 Å². The third-order valence-corrected chi connectivity index (χ3v) is 4.49. The maximum Gasteiger partial charge on any atom is 0.306 e. The summed E-state index contributed by atoms with van der Waals surface area (Å²) in [5.74, 6) is -0.697. The van der Waals surface area contributed by atoms with Crippen LogP contribution in [0, 0.1) is 0 Å². The molecule has 0 radical (unpaired) electrons. The summed E-state index contributed by atoms with van der Waals surface area (Å²) in [6.07, 6.45) is 15.6. The first kappa shape index (κ1) is 25.9. The molecule has 0 aliphatic rings. The zero-order valence-corrected chi connectivity index (χ0v) is 17.8. The molecule has 0 N–H and O–H groups in total. The highest BCUT2D eigenvalue weighted by atomic mass is 16.6. The summed E-state index contributed by atoms with van der Waals surface area (Å²) in [6, 6.07) is 0. The molecule has 0 amide bonds. The number of carbonyl (C=O) groups excluding carboxylic acids is 2. The molecule has 0 heterocycles. The number of esters is 2. The molecule has 5 nitrogen and oxygen atoms in total. The molecule has 0 unspecified atom stereocenters. The van der Waals surface area contributed by atoms with E-state index in [9.17, 15) is 9.59 Å². The number of hydrogen-bond acceptors (Lipinski definition) is 5. The van der Waals surface area contributed by atoms with Crippen LogP contribution in [0.15, 0.2) is 0 Å². The molecule has 160 valence electrons. The van der Waals surface area contributed by atoms with Crippen LogP contribution >= 0.6 is 0 Å². The quantitative estimate of drug-likeness (QED) is 0.202. The molecule has 5 heteroatoms. The van der Waals surface area contributed by atoms with Crippen molar-refractivity contribution in [1.29, 1.82) is 0 Å². The van der Waals surface area contributed by atoms with Crippen LogP contribution in [-0.2, 0) is 23.8 Å². The Balaban J connectivity index is 3.26. The van der Waals surface area contributed by atoms with E-state index in [4.69, 9.17) is 14.2 Å². The second-order valence-corrected chi connectivity index (χ2v) is 7.03. The highest BCUT2D eigenvalue weighted by Crippen LogP contribution is 2.12. The molecular formula is C22H42O5. The van der Waals surface area contributed by atoms with Gasteiger partial charge in [-0.25, -0.2) is 0 Å². The lowest BCUT2D eigenvalue weighted by molar-refractivity contribution is -0.151. The average Bonchev–Trinajstić information content (AvgIpc) is 2.67. The smallest absolute Gasteiger partial charge is 0.306 e. The first-order valence-electron chi connectivity index (χ1n) is 11.1. The van der Waals surface area contributed by atoms with E-state index in [1.165, 1.54) is 64.2 Å². The highest BCUT2D eigenvalue weighted by molar-refractivity contribution is 5.77.